The third-order valence-corrected chi connectivity index (χ3v) is 3.93. The molecule has 0 spiro atoms. The van der Waals surface area contributed by atoms with Gasteiger partial charge in [0.1, 0.15) is 5.75 Å². The summed E-state index contributed by atoms with van der Waals surface area (Å²) in [5.74, 6) is 0.535. The van der Waals surface area contributed by atoms with Crippen LogP contribution in [-0.2, 0) is 0 Å². The molecule has 1 N–H and O–H groups in total. The minimum absolute atomic E-state index is 0.161. The number of benzene rings is 2. The number of carbonyl (C=O) groups excluding carboxylic acids is 1. The zero-order valence-electron chi connectivity index (χ0n) is 12.9. The van der Waals surface area contributed by atoms with Crippen LogP contribution in [0.2, 0.25) is 0 Å². The van der Waals surface area contributed by atoms with Crippen molar-refractivity contribution in [3.8, 4) is 5.75 Å². The van der Waals surface area contributed by atoms with E-state index in [0.29, 0.717) is 17.9 Å². The normalized spacial score (nSPS) is 10.2. The van der Waals surface area contributed by atoms with Crippen LogP contribution in [0.5, 0.6) is 5.75 Å². The second-order valence-electron chi connectivity index (χ2n) is 4.87. The van der Waals surface area contributed by atoms with E-state index in [-0.39, 0.29) is 5.91 Å². The molecule has 0 bridgehead atoms. The predicted molar refractivity (Wildman–Crippen MR) is 92.4 cm³/mol. The molecule has 0 saturated carbocycles. The first-order chi connectivity index (χ1) is 10.5. The molecule has 2 aromatic rings. The molecule has 0 aliphatic rings. The van der Waals surface area contributed by atoms with Crippen LogP contribution in [0, 0.1) is 6.92 Å². The Kier molecular flexibility index (Phi) is 5.44. The van der Waals surface area contributed by atoms with E-state index in [1.165, 1.54) is 5.56 Å². The van der Waals surface area contributed by atoms with Gasteiger partial charge in [0.2, 0.25) is 0 Å². The SMILES string of the molecule is CCN(NC(=O)c1ccc(OC)c(Br)c1)c1ccc(C)cc1. The second-order valence-corrected chi connectivity index (χ2v) is 5.72. The van der Waals surface area contributed by atoms with Crippen molar-refractivity contribution < 1.29 is 9.53 Å². The fourth-order valence-corrected chi connectivity index (χ4v) is 2.59. The molecule has 0 unspecified atom stereocenters. The molecule has 4 nitrogen and oxygen atoms in total. The Hall–Kier alpha value is -2.01. The number of hydrogen-bond donors (Lipinski definition) is 1. The number of ether oxygens (including phenoxy) is 1. The highest BCUT2D eigenvalue weighted by Gasteiger charge is 2.12. The van der Waals surface area contributed by atoms with Crippen molar-refractivity contribution in [3.63, 3.8) is 0 Å². The Bertz CT molecular complexity index is 656. The summed E-state index contributed by atoms with van der Waals surface area (Å²) in [6.07, 6.45) is 0. The Labute approximate surface area is 139 Å². The van der Waals surface area contributed by atoms with Gasteiger partial charge < -0.3 is 4.74 Å². The molecule has 0 aliphatic heterocycles. The molecule has 0 aromatic heterocycles. The number of amides is 1. The van der Waals surface area contributed by atoms with Gasteiger partial charge in [0.05, 0.1) is 17.3 Å². The number of carbonyl (C=O) groups is 1. The zero-order chi connectivity index (χ0) is 16.1. The average molecular weight is 363 g/mol. The average Bonchev–Trinajstić information content (AvgIpc) is 2.53. The number of rotatable bonds is 5. The van der Waals surface area contributed by atoms with Crippen molar-refractivity contribution >= 4 is 27.5 Å². The minimum atomic E-state index is -0.161. The molecule has 2 aromatic carbocycles. The first-order valence-corrected chi connectivity index (χ1v) is 7.83. The number of nitrogens with one attached hydrogen (secondary N) is 1. The van der Waals surface area contributed by atoms with Gasteiger partial charge in [0, 0.05) is 12.1 Å². The van der Waals surface area contributed by atoms with Crippen LogP contribution in [0.1, 0.15) is 22.8 Å². The van der Waals surface area contributed by atoms with Crippen LogP contribution in [0.25, 0.3) is 0 Å². The number of anilines is 1. The van der Waals surface area contributed by atoms with Gasteiger partial charge >= 0.3 is 0 Å². The molecular formula is C17H19BrN2O2. The highest BCUT2D eigenvalue weighted by Crippen LogP contribution is 2.25. The highest BCUT2D eigenvalue weighted by atomic mass is 79.9. The van der Waals surface area contributed by atoms with E-state index in [9.17, 15) is 4.79 Å². The number of hydrazine groups is 1. The quantitative estimate of drug-likeness (QED) is 0.819. The Morgan fingerprint density at radius 2 is 1.91 bits per heavy atom. The fourth-order valence-electron chi connectivity index (χ4n) is 2.05. The number of nitrogens with zero attached hydrogens (tertiary/aromatic N) is 1. The van der Waals surface area contributed by atoms with E-state index in [1.807, 2.05) is 43.1 Å². The largest absolute Gasteiger partial charge is 0.496 e. The molecule has 1 amide bonds. The van der Waals surface area contributed by atoms with Gasteiger partial charge in [-0.2, -0.15) is 0 Å². The molecular weight excluding hydrogens is 344 g/mol. The highest BCUT2D eigenvalue weighted by molar-refractivity contribution is 9.10. The molecule has 0 saturated heterocycles. The molecule has 0 radical (unpaired) electrons. The van der Waals surface area contributed by atoms with Gasteiger partial charge in [0.25, 0.3) is 5.91 Å². The van der Waals surface area contributed by atoms with Crippen molar-refractivity contribution in [3.05, 3.63) is 58.1 Å². The Morgan fingerprint density at radius 3 is 2.45 bits per heavy atom. The number of aryl methyl sites for hydroxylation is 1. The van der Waals surface area contributed by atoms with Crippen LogP contribution in [0.15, 0.2) is 46.9 Å². The third kappa shape index (κ3) is 3.80. The lowest BCUT2D eigenvalue weighted by atomic mass is 10.2. The van der Waals surface area contributed by atoms with Gasteiger partial charge in [0.15, 0.2) is 0 Å². The standard InChI is InChI=1S/C17H19BrN2O2/c1-4-20(14-8-5-12(2)6-9-14)19-17(21)13-7-10-16(22-3)15(18)11-13/h5-11H,4H2,1-3H3,(H,19,21). The van der Waals surface area contributed by atoms with E-state index in [0.717, 1.165) is 10.2 Å². The van der Waals surface area contributed by atoms with E-state index >= 15 is 0 Å². The summed E-state index contributed by atoms with van der Waals surface area (Å²) in [6.45, 7) is 4.70. The van der Waals surface area contributed by atoms with E-state index in [1.54, 1.807) is 25.3 Å². The van der Waals surface area contributed by atoms with Gasteiger partial charge in [-0.3, -0.25) is 15.2 Å². The van der Waals surface area contributed by atoms with Gasteiger partial charge in [-0.25, -0.2) is 0 Å². The Morgan fingerprint density at radius 1 is 1.23 bits per heavy atom. The molecule has 0 atom stereocenters. The zero-order valence-corrected chi connectivity index (χ0v) is 14.5. The maximum absolute atomic E-state index is 12.4. The summed E-state index contributed by atoms with van der Waals surface area (Å²) < 4.78 is 5.92. The van der Waals surface area contributed by atoms with E-state index < -0.39 is 0 Å². The van der Waals surface area contributed by atoms with E-state index in [4.69, 9.17) is 4.74 Å². The lowest BCUT2D eigenvalue weighted by Crippen LogP contribution is -2.42. The smallest absolute Gasteiger partial charge is 0.269 e. The summed E-state index contributed by atoms with van der Waals surface area (Å²) in [6, 6.07) is 13.3. The van der Waals surface area contributed by atoms with Crippen LogP contribution in [-0.4, -0.2) is 19.6 Å². The van der Waals surface area contributed by atoms with Gasteiger partial charge in [-0.05, 0) is 60.1 Å². The van der Waals surface area contributed by atoms with Crippen molar-refractivity contribution in [2.45, 2.75) is 13.8 Å². The van der Waals surface area contributed by atoms with Crippen molar-refractivity contribution in [1.29, 1.82) is 0 Å². The lowest BCUT2D eigenvalue weighted by molar-refractivity contribution is 0.0949. The molecule has 2 rings (SSSR count). The van der Waals surface area contributed by atoms with Crippen molar-refractivity contribution in [1.82, 2.24) is 5.43 Å². The first kappa shape index (κ1) is 16.4. The summed E-state index contributed by atoms with van der Waals surface area (Å²) in [5.41, 5.74) is 5.62. The minimum Gasteiger partial charge on any atom is -0.496 e. The monoisotopic (exact) mass is 362 g/mol. The van der Waals surface area contributed by atoms with E-state index in [2.05, 4.69) is 21.4 Å². The summed E-state index contributed by atoms with van der Waals surface area (Å²) in [7, 11) is 1.59. The number of methoxy groups -OCH3 is 1. The Balaban J connectivity index is 2.15. The molecule has 116 valence electrons. The molecule has 0 fully saturated rings. The predicted octanol–water partition coefficient (Wildman–Crippen LogP) is 3.94. The van der Waals surface area contributed by atoms with Gasteiger partial charge in [-0.15, -0.1) is 0 Å². The maximum atomic E-state index is 12.4. The first-order valence-electron chi connectivity index (χ1n) is 7.04. The molecule has 0 heterocycles. The second kappa shape index (κ2) is 7.31. The van der Waals surface area contributed by atoms with Crippen LogP contribution < -0.4 is 15.2 Å². The van der Waals surface area contributed by atoms with Crippen LogP contribution in [0.3, 0.4) is 0 Å². The lowest BCUT2D eigenvalue weighted by Gasteiger charge is -2.24. The molecule has 0 aliphatic carbocycles. The number of hydrogen-bond acceptors (Lipinski definition) is 3. The van der Waals surface area contributed by atoms with Crippen molar-refractivity contribution in [2.75, 3.05) is 18.7 Å². The molecule has 5 heteroatoms. The fraction of sp³-hybridized carbons (Fsp3) is 0.235. The maximum Gasteiger partial charge on any atom is 0.269 e. The topological polar surface area (TPSA) is 41.6 Å². The van der Waals surface area contributed by atoms with Crippen molar-refractivity contribution in [2.24, 2.45) is 0 Å². The van der Waals surface area contributed by atoms with Crippen LogP contribution >= 0.6 is 15.9 Å². The van der Waals surface area contributed by atoms with Crippen LogP contribution in [0.4, 0.5) is 5.69 Å². The summed E-state index contributed by atoms with van der Waals surface area (Å²) in [5, 5.41) is 1.82. The third-order valence-electron chi connectivity index (χ3n) is 3.31. The molecule has 22 heavy (non-hydrogen) atoms. The van der Waals surface area contributed by atoms with Gasteiger partial charge in [-0.1, -0.05) is 17.7 Å². The summed E-state index contributed by atoms with van der Waals surface area (Å²) >= 11 is 3.39. The summed E-state index contributed by atoms with van der Waals surface area (Å²) in [4.78, 5) is 12.4. The number of halogens is 1.